The summed E-state index contributed by atoms with van der Waals surface area (Å²) in [5, 5.41) is 10.3. The molecule has 1 fully saturated rings. The maximum atomic E-state index is 12.8. The number of carbonyl (C=O) groups is 3. The van der Waals surface area contributed by atoms with Crippen molar-refractivity contribution in [2.45, 2.75) is 38.6 Å². The van der Waals surface area contributed by atoms with Crippen LogP contribution >= 0.6 is 0 Å². The Bertz CT molecular complexity index is 2520. The molecule has 0 aliphatic carbocycles. The predicted molar refractivity (Wildman–Crippen MR) is 202 cm³/mol. The van der Waals surface area contributed by atoms with Crippen LogP contribution in [-0.2, 0) is 23.7 Å². The molecule has 0 bridgehead atoms. The van der Waals surface area contributed by atoms with Gasteiger partial charge in [-0.05, 0) is 82.9 Å². The fraction of sp³-hybridized carbons (Fsp3) is 0.220. The molecular formula is C41H37N7O4. The van der Waals surface area contributed by atoms with E-state index in [0.29, 0.717) is 18.4 Å². The first-order valence-corrected chi connectivity index (χ1v) is 17.1. The lowest BCUT2D eigenvalue weighted by molar-refractivity contribution is -0.133. The number of benzene rings is 3. The Morgan fingerprint density at radius 3 is 2.54 bits per heavy atom. The number of hydrogen-bond donors (Lipinski definition) is 3. The number of rotatable bonds is 7. The Hall–Kier alpha value is -6.54. The minimum atomic E-state index is -0.483. The first-order valence-electron chi connectivity index (χ1n) is 17.1. The van der Waals surface area contributed by atoms with Crippen molar-refractivity contribution < 1.29 is 14.4 Å². The van der Waals surface area contributed by atoms with Crippen molar-refractivity contribution in [1.29, 1.82) is 0 Å². The third-order valence-corrected chi connectivity index (χ3v) is 9.39. The Morgan fingerprint density at radius 2 is 1.77 bits per heavy atom. The molecule has 1 aliphatic heterocycles. The molecule has 11 heteroatoms. The van der Waals surface area contributed by atoms with Gasteiger partial charge in [-0.15, -0.1) is 0 Å². The average Bonchev–Trinajstić information content (AvgIpc) is 3.37. The third kappa shape index (κ3) is 6.66. The molecule has 3 aromatic heterocycles. The highest BCUT2D eigenvalue weighted by Crippen LogP contribution is 2.35. The van der Waals surface area contributed by atoms with Crippen LogP contribution in [0, 0.1) is 11.8 Å². The minimum Gasteiger partial charge on any atom is -0.374 e. The van der Waals surface area contributed by atoms with Crippen molar-refractivity contribution in [3.8, 4) is 34.2 Å². The number of fused-ring (bicyclic) bond motifs is 2. The first-order chi connectivity index (χ1) is 25.1. The summed E-state index contributed by atoms with van der Waals surface area (Å²) >= 11 is 0. The number of carbonyl (C=O) groups excluding carboxylic acids is 3. The SMILES string of the molecule is CC(C)c1cc(-c2cccc3cc(-c4ccc(C(=O)NCC#Cc5cccc(NC6CCC(=O)NC6=O)c5)nc4)ncc23)cc2c1n(C)c(=O)n2C. The number of anilines is 1. The fourth-order valence-electron chi connectivity index (χ4n) is 6.62. The van der Waals surface area contributed by atoms with E-state index in [2.05, 4.69) is 64.8 Å². The van der Waals surface area contributed by atoms with Crippen LogP contribution in [0.1, 0.15) is 54.2 Å². The molecule has 260 valence electrons. The number of hydrogen-bond acceptors (Lipinski definition) is 7. The van der Waals surface area contributed by atoms with E-state index in [1.54, 1.807) is 28.4 Å². The second-order valence-electron chi connectivity index (χ2n) is 13.2. The van der Waals surface area contributed by atoms with Crippen LogP contribution in [0.5, 0.6) is 0 Å². The van der Waals surface area contributed by atoms with Gasteiger partial charge in [0.1, 0.15) is 11.7 Å². The maximum Gasteiger partial charge on any atom is 0.328 e. The van der Waals surface area contributed by atoms with E-state index in [-0.39, 0.29) is 41.6 Å². The van der Waals surface area contributed by atoms with Crippen LogP contribution in [0.3, 0.4) is 0 Å². The smallest absolute Gasteiger partial charge is 0.328 e. The number of aromatic nitrogens is 4. The number of piperidine rings is 1. The number of imide groups is 1. The van der Waals surface area contributed by atoms with Crippen molar-refractivity contribution in [3.05, 3.63) is 112 Å². The summed E-state index contributed by atoms with van der Waals surface area (Å²) in [5.74, 6) is 5.25. The van der Waals surface area contributed by atoms with Crippen LogP contribution in [-0.4, -0.2) is 49.4 Å². The standard InChI is InChI=1S/C41H37N7O4/c1-24(2)31-19-28(21-36-38(31)48(4)41(52)47(36)3)30-12-6-10-26-20-35(44-23-32(26)30)27-13-14-33(43-22-27)39(50)42-17-7-9-25-8-5-11-29(18-25)45-34-15-16-37(49)46-40(34)51/h5-6,8,10-14,18-24,34,45H,15-17H2,1-4H3,(H,42,50)(H,46,49,51). The number of imidazole rings is 1. The van der Waals surface area contributed by atoms with Crippen molar-refractivity contribution in [2.24, 2.45) is 14.1 Å². The molecule has 3 N–H and O–H groups in total. The van der Waals surface area contributed by atoms with Gasteiger partial charge in [-0.2, -0.15) is 0 Å². The molecule has 0 radical (unpaired) electrons. The third-order valence-electron chi connectivity index (χ3n) is 9.39. The maximum absolute atomic E-state index is 12.8. The molecule has 1 saturated heterocycles. The molecule has 3 amide bonds. The molecule has 1 aliphatic rings. The van der Waals surface area contributed by atoms with Gasteiger partial charge in [0.2, 0.25) is 11.8 Å². The fourth-order valence-corrected chi connectivity index (χ4v) is 6.62. The summed E-state index contributed by atoms with van der Waals surface area (Å²) < 4.78 is 3.42. The van der Waals surface area contributed by atoms with Crippen molar-refractivity contribution in [3.63, 3.8) is 0 Å². The minimum absolute atomic E-state index is 0.0508. The lowest BCUT2D eigenvalue weighted by Gasteiger charge is -2.22. The van der Waals surface area contributed by atoms with E-state index in [1.807, 2.05) is 61.8 Å². The molecule has 1 atom stereocenters. The Labute approximate surface area is 300 Å². The summed E-state index contributed by atoms with van der Waals surface area (Å²) in [5.41, 5.74) is 8.16. The molecule has 4 heterocycles. The van der Waals surface area contributed by atoms with Crippen molar-refractivity contribution >= 4 is 45.2 Å². The topological polar surface area (TPSA) is 140 Å². The molecule has 1 unspecified atom stereocenters. The number of amides is 3. The lowest BCUT2D eigenvalue weighted by Crippen LogP contribution is -2.47. The normalized spacial score (nSPS) is 14.3. The van der Waals surface area contributed by atoms with Gasteiger partial charge in [0, 0.05) is 55.1 Å². The van der Waals surface area contributed by atoms with Crippen LogP contribution in [0.4, 0.5) is 5.69 Å². The molecule has 52 heavy (non-hydrogen) atoms. The molecule has 6 aromatic rings. The molecule has 7 rings (SSSR count). The molecule has 0 saturated carbocycles. The average molecular weight is 692 g/mol. The summed E-state index contributed by atoms with van der Waals surface area (Å²) in [6.07, 6.45) is 4.22. The van der Waals surface area contributed by atoms with E-state index in [1.165, 1.54) is 0 Å². The van der Waals surface area contributed by atoms with Gasteiger partial charge in [-0.1, -0.05) is 50.0 Å². The van der Waals surface area contributed by atoms with E-state index < -0.39 is 6.04 Å². The second kappa shape index (κ2) is 14.0. The molecular weight excluding hydrogens is 654 g/mol. The van der Waals surface area contributed by atoms with Crippen LogP contribution < -0.4 is 21.6 Å². The summed E-state index contributed by atoms with van der Waals surface area (Å²) in [4.78, 5) is 58.3. The van der Waals surface area contributed by atoms with Gasteiger partial charge in [0.15, 0.2) is 0 Å². The Balaban J connectivity index is 1.03. The molecule has 0 spiro atoms. The summed E-state index contributed by atoms with van der Waals surface area (Å²) in [6, 6.07) is 22.7. The second-order valence-corrected chi connectivity index (χ2v) is 13.2. The van der Waals surface area contributed by atoms with E-state index in [9.17, 15) is 19.2 Å². The Morgan fingerprint density at radius 1 is 0.942 bits per heavy atom. The highest BCUT2D eigenvalue weighted by atomic mass is 16.2. The van der Waals surface area contributed by atoms with Gasteiger partial charge in [0.25, 0.3) is 5.91 Å². The van der Waals surface area contributed by atoms with Gasteiger partial charge in [-0.25, -0.2) is 4.79 Å². The quantitative estimate of drug-likeness (QED) is 0.153. The number of nitrogens with one attached hydrogen (secondary N) is 3. The predicted octanol–water partition coefficient (Wildman–Crippen LogP) is 5.28. The zero-order valence-electron chi connectivity index (χ0n) is 29.3. The largest absolute Gasteiger partial charge is 0.374 e. The number of aryl methyl sites for hydroxylation is 2. The number of pyridine rings is 2. The lowest BCUT2D eigenvalue weighted by atomic mass is 9.93. The van der Waals surface area contributed by atoms with Gasteiger partial charge < -0.3 is 10.6 Å². The van der Waals surface area contributed by atoms with E-state index in [0.717, 1.165) is 55.4 Å². The summed E-state index contributed by atoms with van der Waals surface area (Å²) in [6.45, 7) is 4.39. The van der Waals surface area contributed by atoms with Crippen LogP contribution in [0.25, 0.3) is 44.2 Å². The highest BCUT2D eigenvalue weighted by Gasteiger charge is 2.26. The van der Waals surface area contributed by atoms with Gasteiger partial charge >= 0.3 is 5.69 Å². The van der Waals surface area contributed by atoms with Gasteiger partial charge in [-0.3, -0.25) is 38.8 Å². The Kier molecular flexibility index (Phi) is 9.13. The highest BCUT2D eigenvalue weighted by molar-refractivity contribution is 6.02. The van der Waals surface area contributed by atoms with Crippen molar-refractivity contribution in [1.82, 2.24) is 29.7 Å². The first kappa shape index (κ1) is 33.9. The van der Waals surface area contributed by atoms with E-state index in [4.69, 9.17) is 4.98 Å². The zero-order valence-corrected chi connectivity index (χ0v) is 29.3. The van der Waals surface area contributed by atoms with Crippen LogP contribution in [0.15, 0.2) is 90.0 Å². The van der Waals surface area contributed by atoms with E-state index >= 15 is 0 Å². The molecule has 3 aromatic carbocycles. The number of nitrogens with zero attached hydrogens (tertiary/aromatic N) is 4. The van der Waals surface area contributed by atoms with Crippen LogP contribution in [0.2, 0.25) is 0 Å². The van der Waals surface area contributed by atoms with Crippen molar-refractivity contribution in [2.75, 3.05) is 11.9 Å². The monoisotopic (exact) mass is 691 g/mol. The van der Waals surface area contributed by atoms with Gasteiger partial charge in [0.05, 0.1) is 23.3 Å². The molecule has 11 nitrogen and oxygen atoms in total. The zero-order chi connectivity index (χ0) is 36.5. The summed E-state index contributed by atoms with van der Waals surface area (Å²) in [7, 11) is 3.63.